The molecule has 0 saturated heterocycles. The summed E-state index contributed by atoms with van der Waals surface area (Å²) in [6.07, 6.45) is 0.713. The number of alkyl halides is 3. The fourth-order valence-electron chi connectivity index (χ4n) is 1.84. The van der Waals surface area contributed by atoms with Gasteiger partial charge in [-0.3, -0.25) is 0 Å². The summed E-state index contributed by atoms with van der Waals surface area (Å²) in [7, 11) is 0. The number of unbranched alkanes of at least 4 members (excludes halogenated alkanes) is 4. The number of rotatable bonds is 7. The number of hydrogen-bond donors (Lipinski definition) is 0. The predicted molar refractivity (Wildman–Crippen MR) is 70.4 cm³/mol. The van der Waals surface area contributed by atoms with Gasteiger partial charge in [-0.05, 0) is 24.6 Å². The quantitative estimate of drug-likeness (QED) is 0.666. The monoisotopic (exact) mass is 285 g/mol. The van der Waals surface area contributed by atoms with Gasteiger partial charge in [0.25, 0.3) is 0 Å². The van der Waals surface area contributed by atoms with Gasteiger partial charge in [0.15, 0.2) is 0 Å². The number of benzene rings is 1. The zero-order valence-corrected chi connectivity index (χ0v) is 11.5. The van der Waals surface area contributed by atoms with E-state index in [0.29, 0.717) is 6.61 Å². The topological polar surface area (TPSA) is 33.0 Å². The van der Waals surface area contributed by atoms with Gasteiger partial charge in [-0.1, -0.05) is 32.6 Å². The van der Waals surface area contributed by atoms with E-state index >= 15 is 0 Å². The first-order valence-corrected chi connectivity index (χ1v) is 6.73. The lowest BCUT2D eigenvalue weighted by molar-refractivity contribution is -0.137. The van der Waals surface area contributed by atoms with E-state index in [-0.39, 0.29) is 11.3 Å². The molecule has 0 unspecified atom stereocenters. The van der Waals surface area contributed by atoms with Gasteiger partial charge in [-0.2, -0.15) is 18.4 Å². The maximum atomic E-state index is 12.7. The number of hydrogen-bond acceptors (Lipinski definition) is 2. The molecule has 1 aromatic carbocycles. The van der Waals surface area contributed by atoms with Crippen LogP contribution in [0.5, 0.6) is 5.75 Å². The molecule has 2 nitrogen and oxygen atoms in total. The molecule has 0 spiro atoms. The summed E-state index contributed by atoms with van der Waals surface area (Å²) in [6, 6.07) is 4.99. The zero-order chi connectivity index (χ0) is 15.0. The smallest absolute Gasteiger partial charge is 0.417 e. The van der Waals surface area contributed by atoms with E-state index in [2.05, 4.69) is 6.92 Å². The maximum Gasteiger partial charge on any atom is 0.417 e. The molecule has 0 fully saturated rings. The van der Waals surface area contributed by atoms with Crippen molar-refractivity contribution in [3.05, 3.63) is 29.3 Å². The Bertz CT molecular complexity index is 463. The summed E-state index contributed by atoms with van der Waals surface area (Å²) < 4.78 is 43.5. The van der Waals surface area contributed by atoms with Crippen LogP contribution in [-0.2, 0) is 6.18 Å². The van der Waals surface area contributed by atoms with Crippen LogP contribution in [0.3, 0.4) is 0 Å². The van der Waals surface area contributed by atoms with Gasteiger partial charge in [-0.25, -0.2) is 0 Å². The van der Waals surface area contributed by atoms with Crippen molar-refractivity contribution in [1.82, 2.24) is 0 Å². The lowest BCUT2D eigenvalue weighted by Crippen LogP contribution is -2.08. The Morgan fingerprint density at radius 1 is 1.15 bits per heavy atom. The van der Waals surface area contributed by atoms with E-state index in [1.807, 2.05) is 0 Å². The van der Waals surface area contributed by atoms with Gasteiger partial charge >= 0.3 is 6.18 Å². The predicted octanol–water partition coefficient (Wildman–Crippen LogP) is 4.93. The third kappa shape index (κ3) is 5.12. The normalized spacial score (nSPS) is 11.2. The third-order valence-electron chi connectivity index (χ3n) is 2.93. The number of nitriles is 1. The van der Waals surface area contributed by atoms with E-state index in [1.165, 1.54) is 6.07 Å². The van der Waals surface area contributed by atoms with Gasteiger partial charge in [0.1, 0.15) is 5.75 Å². The van der Waals surface area contributed by atoms with Crippen molar-refractivity contribution in [2.24, 2.45) is 0 Å². The molecule has 0 radical (unpaired) electrons. The van der Waals surface area contributed by atoms with Crippen LogP contribution in [0.1, 0.15) is 50.2 Å². The average molecular weight is 285 g/mol. The van der Waals surface area contributed by atoms with Gasteiger partial charge in [-0.15, -0.1) is 0 Å². The fourth-order valence-corrected chi connectivity index (χ4v) is 1.84. The molecule has 1 aromatic rings. The molecular weight excluding hydrogens is 267 g/mol. The lowest BCUT2D eigenvalue weighted by Gasteiger charge is -2.11. The molecule has 1 rings (SSSR count). The van der Waals surface area contributed by atoms with Crippen LogP contribution >= 0.6 is 0 Å². The second kappa shape index (κ2) is 7.78. The second-order valence-corrected chi connectivity index (χ2v) is 4.58. The van der Waals surface area contributed by atoms with Crippen molar-refractivity contribution < 1.29 is 17.9 Å². The van der Waals surface area contributed by atoms with E-state index in [4.69, 9.17) is 10.00 Å². The first-order valence-electron chi connectivity index (χ1n) is 6.73. The molecule has 0 aliphatic carbocycles. The van der Waals surface area contributed by atoms with Crippen LogP contribution in [-0.4, -0.2) is 6.61 Å². The Hall–Kier alpha value is -1.70. The van der Waals surface area contributed by atoms with Crippen LogP contribution in [0.4, 0.5) is 13.2 Å². The molecule has 0 N–H and O–H groups in total. The van der Waals surface area contributed by atoms with E-state index in [1.54, 1.807) is 6.07 Å². The summed E-state index contributed by atoms with van der Waals surface area (Å²) >= 11 is 0. The van der Waals surface area contributed by atoms with Crippen LogP contribution < -0.4 is 4.74 Å². The first-order chi connectivity index (χ1) is 9.49. The minimum atomic E-state index is -4.54. The number of ether oxygens (including phenoxy) is 1. The average Bonchev–Trinajstić information content (AvgIpc) is 2.41. The molecule has 0 amide bonds. The highest BCUT2D eigenvalue weighted by Crippen LogP contribution is 2.34. The molecule has 0 aliphatic heterocycles. The van der Waals surface area contributed by atoms with E-state index < -0.39 is 11.7 Å². The van der Waals surface area contributed by atoms with Gasteiger partial charge in [0.2, 0.25) is 0 Å². The molecule has 20 heavy (non-hydrogen) atoms. The third-order valence-corrected chi connectivity index (χ3v) is 2.93. The highest BCUT2D eigenvalue weighted by molar-refractivity contribution is 5.44. The molecule has 110 valence electrons. The highest BCUT2D eigenvalue weighted by Gasteiger charge is 2.34. The van der Waals surface area contributed by atoms with Crippen molar-refractivity contribution in [3.8, 4) is 11.8 Å². The van der Waals surface area contributed by atoms with Crippen molar-refractivity contribution >= 4 is 0 Å². The van der Waals surface area contributed by atoms with Gasteiger partial charge in [0, 0.05) is 0 Å². The maximum absolute atomic E-state index is 12.7. The molecule has 0 aromatic heterocycles. The Labute approximate surface area is 117 Å². The van der Waals surface area contributed by atoms with E-state index in [9.17, 15) is 13.2 Å². The van der Waals surface area contributed by atoms with Crippen molar-refractivity contribution in [3.63, 3.8) is 0 Å². The van der Waals surface area contributed by atoms with Crippen LogP contribution in [0.15, 0.2) is 18.2 Å². The Morgan fingerprint density at radius 3 is 2.45 bits per heavy atom. The lowest BCUT2D eigenvalue weighted by atomic mass is 10.1. The molecule has 0 atom stereocenters. The summed E-state index contributed by atoms with van der Waals surface area (Å²) in [5.74, 6) is 0.159. The largest absolute Gasteiger partial charge is 0.494 e. The SMILES string of the molecule is CCCCCCCOc1ccc(C#N)c(C(F)(F)F)c1. The van der Waals surface area contributed by atoms with Crippen molar-refractivity contribution in [2.45, 2.75) is 45.2 Å². The summed E-state index contributed by atoms with van der Waals surface area (Å²) in [5, 5.41) is 8.68. The van der Waals surface area contributed by atoms with Crippen LogP contribution in [0.25, 0.3) is 0 Å². The second-order valence-electron chi connectivity index (χ2n) is 4.58. The summed E-state index contributed by atoms with van der Waals surface area (Å²) in [5.41, 5.74) is -1.32. The molecular formula is C15H18F3NO. The standard InChI is InChI=1S/C15H18F3NO/c1-2-3-4-5-6-9-20-13-8-7-12(11-19)14(10-13)15(16,17)18/h7-8,10H,2-6,9H2,1H3. The molecule has 0 saturated carbocycles. The number of nitrogens with zero attached hydrogens (tertiary/aromatic N) is 1. The minimum absolute atomic E-state index is 0.159. The molecule has 5 heteroatoms. The number of halogens is 3. The Morgan fingerprint density at radius 2 is 1.85 bits per heavy atom. The van der Waals surface area contributed by atoms with Crippen molar-refractivity contribution in [1.29, 1.82) is 5.26 Å². The molecule has 0 aliphatic rings. The van der Waals surface area contributed by atoms with Gasteiger partial charge < -0.3 is 4.74 Å². The molecule has 0 heterocycles. The Kier molecular flexibility index (Phi) is 6.37. The highest BCUT2D eigenvalue weighted by atomic mass is 19.4. The zero-order valence-electron chi connectivity index (χ0n) is 11.5. The first kappa shape index (κ1) is 16.4. The van der Waals surface area contributed by atoms with Crippen LogP contribution in [0, 0.1) is 11.3 Å². The van der Waals surface area contributed by atoms with Crippen molar-refractivity contribution in [2.75, 3.05) is 6.61 Å². The fraction of sp³-hybridized carbons (Fsp3) is 0.533. The Balaban J connectivity index is 2.58. The minimum Gasteiger partial charge on any atom is -0.494 e. The summed E-state index contributed by atoms with van der Waals surface area (Å²) in [6.45, 7) is 2.51. The van der Waals surface area contributed by atoms with E-state index in [0.717, 1.165) is 44.2 Å². The molecule has 0 bridgehead atoms. The van der Waals surface area contributed by atoms with Gasteiger partial charge in [0.05, 0.1) is 23.8 Å². The summed E-state index contributed by atoms with van der Waals surface area (Å²) in [4.78, 5) is 0. The van der Waals surface area contributed by atoms with Crippen LogP contribution in [0.2, 0.25) is 0 Å².